The van der Waals surface area contributed by atoms with Crippen LogP contribution >= 0.6 is 15.9 Å². The van der Waals surface area contributed by atoms with E-state index in [0.29, 0.717) is 36.4 Å². The number of rotatable bonds is 5. The molecule has 0 amide bonds. The Morgan fingerprint density at radius 3 is 2.52 bits per heavy atom. The number of piperazine rings is 1. The minimum atomic E-state index is -3.50. The molecule has 1 fully saturated rings. The number of hydrogen-bond acceptors (Lipinski definition) is 5. The molecule has 0 bridgehead atoms. The number of pyridine rings is 1. The van der Waals surface area contributed by atoms with E-state index < -0.39 is 10.0 Å². The van der Waals surface area contributed by atoms with Crippen molar-refractivity contribution in [3.63, 3.8) is 0 Å². The second-order valence-corrected chi connectivity index (χ2v) is 8.59. The summed E-state index contributed by atoms with van der Waals surface area (Å²) in [6, 6.07) is 10.7. The van der Waals surface area contributed by atoms with Gasteiger partial charge in [-0.25, -0.2) is 8.42 Å². The van der Waals surface area contributed by atoms with Crippen molar-refractivity contribution < 1.29 is 13.2 Å². The minimum absolute atomic E-state index is 0.276. The van der Waals surface area contributed by atoms with Crippen LogP contribution in [0.15, 0.2) is 52.0 Å². The van der Waals surface area contributed by atoms with Crippen molar-refractivity contribution in [3.8, 4) is 5.75 Å². The van der Waals surface area contributed by atoms with E-state index in [1.807, 2.05) is 18.2 Å². The first-order valence-electron chi connectivity index (χ1n) is 7.96. The molecule has 2 heterocycles. The van der Waals surface area contributed by atoms with Gasteiger partial charge in [0, 0.05) is 38.9 Å². The molecule has 25 heavy (non-hydrogen) atoms. The van der Waals surface area contributed by atoms with E-state index in [-0.39, 0.29) is 4.90 Å². The first-order chi connectivity index (χ1) is 12.0. The molecule has 8 heteroatoms. The normalized spacial score (nSPS) is 16.7. The molecule has 0 radical (unpaired) electrons. The fourth-order valence-corrected chi connectivity index (χ4v) is 4.95. The fourth-order valence-electron chi connectivity index (χ4n) is 2.81. The molecule has 134 valence electrons. The zero-order valence-electron chi connectivity index (χ0n) is 13.9. The Kier molecular flexibility index (Phi) is 5.73. The van der Waals surface area contributed by atoms with Gasteiger partial charge in [0.15, 0.2) is 0 Å². The number of halogens is 1. The Balaban J connectivity index is 1.66. The minimum Gasteiger partial charge on any atom is -0.496 e. The van der Waals surface area contributed by atoms with Crippen LogP contribution in [0.3, 0.4) is 0 Å². The lowest BCUT2D eigenvalue weighted by atomic mass is 10.3. The second-order valence-electron chi connectivity index (χ2n) is 5.80. The van der Waals surface area contributed by atoms with E-state index >= 15 is 0 Å². The monoisotopic (exact) mass is 425 g/mol. The van der Waals surface area contributed by atoms with E-state index in [4.69, 9.17) is 4.74 Å². The van der Waals surface area contributed by atoms with Crippen molar-refractivity contribution in [1.82, 2.24) is 14.2 Å². The largest absolute Gasteiger partial charge is 0.496 e. The van der Waals surface area contributed by atoms with Gasteiger partial charge in [0.1, 0.15) is 5.75 Å². The van der Waals surface area contributed by atoms with Crippen molar-refractivity contribution in [1.29, 1.82) is 0 Å². The molecule has 3 rings (SSSR count). The zero-order valence-corrected chi connectivity index (χ0v) is 16.3. The van der Waals surface area contributed by atoms with Gasteiger partial charge in [-0.05, 0) is 46.3 Å². The maximum atomic E-state index is 12.8. The Bertz CT molecular complexity index is 822. The summed E-state index contributed by atoms with van der Waals surface area (Å²) in [6.45, 7) is 3.06. The third-order valence-corrected chi connectivity index (χ3v) is 6.72. The fraction of sp³-hybridized carbons (Fsp3) is 0.353. The van der Waals surface area contributed by atoms with Gasteiger partial charge in [-0.1, -0.05) is 6.07 Å². The summed E-state index contributed by atoms with van der Waals surface area (Å²) >= 11 is 3.35. The van der Waals surface area contributed by atoms with Crippen molar-refractivity contribution in [2.24, 2.45) is 0 Å². The molecular formula is C17H20BrN3O3S. The third kappa shape index (κ3) is 4.20. The molecule has 0 atom stereocenters. The summed E-state index contributed by atoms with van der Waals surface area (Å²) in [4.78, 5) is 6.82. The predicted octanol–water partition coefficient (Wildman–Crippen LogP) is 2.36. The average Bonchev–Trinajstić information content (AvgIpc) is 2.63. The molecular weight excluding hydrogens is 406 g/mol. The maximum Gasteiger partial charge on any atom is 0.243 e. The highest BCUT2D eigenvalue weighted by Crippen LogP contribution is 2.29. The van der Waals surface area contributed by atoms with Crippen molar-refractivity contribution in [2.45, 2.75) is 11.4 Å². The van der Waals surface area contributed by atoms with E-state index in [2.05, 4.69) is 25.8 Å². The van der Waals surface area contributed by atoms with Crippen molar-refractivity contribution >= 4 is 26.0 Å². The van der Waals surface area contributed by atoms with E-state index in [1.165, 1.54) is 4.31 Å². The molecule has 1 aliphatic rings. The number of methoxy groups -OCH3 is 1. The number of aromatic nitrogens is 1. The van der Waals surface area contributed by atoms with Gasteiger partial charge in [-0.3, -0.25) is 9.88 Å². The van der Waals surface area contributed by atoms with Crippen molar-refractivity contribution in [2.75, 3.05) is 33.3 Å². The summed E-state index contributed by atoms with van der Waals surface area (Å²) in [5.74, 6) is 0.610. The molecule has 1 aromatic carbocycles. The Hall–Kier alpha value is -1.48. The van der Waals surface area contributed by atoms with Gasteiger partial charge >= 0.3 is 0 Å². The highest BCUT2D eigenvalue weighted by atomic mass is 79.9. The van der Waals surface area contributed by atoms with Gasteiger partial charge in [0.25, 0.3) is 0 Å². The first kappa shape index (κ1) is 18.3. The molecule has 0 aliphatic carbocycles. The van der Waals surface area contributed by atoms with Crippen LogP contribution in [-0.2, 0) is 16.6 Å². The molecule has 6 nitrogen and oxygen atoms in total. The summed E-state index contributed by atoms with van der Waals surface area (Å²) in [5, 5.41) is 0. The second kappa shape index (κ2) is 7.82. The SMILES string of the molecule is COc1ccc(S(=O)(=O)N2CCN(Cc3ccccn3)CC2)cc1Br. The molecule has 0 N–H and O–H groups in total. The summed E-state index contributed by atoms with van der Waals surface area (Å²) in [7, 11) is -1.95. The molecule has 0 saturated carbocycles. The summed E-state index contributed by atoms with van der Waals surface area (Å²) in [5.41, 5.74) is 0.998. The highest BCUT2D eigenvalue weighted by molar-refractivity contribution is 9.10. The van der Waals surface area contributed by atoms with E-state index in [1.54, 1.807) is 31.5 Å². The van der Waals surface area contributed by atoms with Crippen LogP contribution in [-0.4, -0.2) is 55.9 Å². The third-order valence-electron chi connectivity index (χ3n) is 4.20. The summed E-state index contributed by atoms with van der Waals surface area (Å²) in [6.07, 6.45) is 1.78. The number of hydrogen-bond donors (Lipinski definition) is 0. The average molecular weight is 426 g/mol. The quantitative estimate of drug-likeness (QED) is 0.735. The Morgan fingerprint density at radius 1 is 1.16 bits per heavy atom. The first-order valence-corrected chi connectivity index (χ1v) is 10.2. The number of benzene rings is 1. The van der Waals surface area contributed by atoms with Crippen LogP contribution in [0, 0.1) is 0 Å². The zero-order chi connectivity index (χ0) is 17.9. The summed E-state index contributed by atoms with van der Waals surface area (Å²) < 4.78 is 33.0. The molecule has 1 saturated heterocycles. The topological polar surface area (TPSA) is 62.7 Å². The standard InChI is InChI=1S/C17H20BrN3O3S/c1-24-17-6-5-15(12-16(17)18)25(22,23)21-10-8-20(9-11-21)13-14-4-2-3-7-19-14/h2-7,12H,8-11,13H2,1H3. The number of sulfonamides is 1. The lowest BCUT2D eigenvalue weighted by Crippen LogP contribution is -2.48. The lowest BCUT2D eigenvalue weighted by Gasteiger charge is -2.33. The molecule has 0 unspecified atom stereocenters. The number of ether oxygens (including phenoxy) is 1. The smallest absolute Gasteiger partial charge is 0.243 e. The van der Waals surface area contributed by atoms with Crippen LogP contribution in [0.4, 0.5) is 0 Å². The van der Waals surface area contributed by atoms with Gasteiger partial charge in [0.05, 0.1) is 22.2 Å². The van der Waals surface area contributed by atoms with Crippen LogP contribution in [0.5, 0.6) is 5.75 Å². The van der Waals surface area contributed by atoms with Crippen LogP contribution < -0.4 is 4.74 Å². The molecule has 2 aromatic rings. The molecule has 1 aromatic heterocycles. The highest BCUT2D eigenvalue weighted by Gasteiger charge is 2.29. The van der Waals surface area contributed by atoms with Crippen LogP contribution in [0.1, 0.15) is 5.69 Å². The van der Waals surface area contributed by atoms with E-state index in [0.717, 1.165) is 12.2 Å². The van der Waals surface area contributed by atoms with Crippen LogP contribution in [0.2, 0.25) is 0 Å². The molecule has 0 spiro atoms. The van der Waals surface area contributed by atoms with Gasteiger partial charge < -0.3 is 4.74 Å². The Morgan fingerprint density at radius 2 is 1.92 bits per heavy atom. The predicted molar refractivity (Wildman–Crippen MR) is 99.0 cm³/mol. The number of nitrogens with zero attached hydrogens (tertiary/aromatic N) is 3. The van der Waals surface area contributed by atoms with Gasteiger partial charge in [-0.15, -0.1) is 0 Å². The molecule has 1 aliphatic heterocycles. The van der Waals surface area contributed by atoms with E-state index in [9.17, 15) is 8.42 Å². The Labute approximate surface area is 156 Å². The van der Waals surface area contributed by atoms with Gasteiger partial charge in [0.2, 0.25) is 10.0 Å². The van der Waals surface area contributed by atoms with Gasteiger partial charge in [-0.2, -0.15) is 4.31 Å². The lowest BCUT2D eigenvalue weighted by molar-refractivity contribution is 0.180. The van der Waals surface area contributed by atoms with Crippen LogP contribution in [0.25, 0.3) is 0 Å². The maximum absolute atomic E-state index is 12.8. The van der Waals surface area contributed by atoms with Crippen molar-refractivity contribution in [3.05, 3.63) is 52.8 Å².